The highest BCUT2D eigenvalue weighted by atomic mass is 35.5. The molecule has 0 aromatic heterocycles. The molecule has 48 heavy (non-hydrogen) atoms. The van der Waals surface area contributed by atoms with Gasteiger partial charge in [0.1, 0.15) is 23.7 Å². The van der Waals surface area contributed by atoms with Crippen molar-refractivity contribution < 1.29 is 33.8 Å². The van der Waals surface area contributed by atoms with Crippen LogP contribution in [-0.2, 0) is 28.7 Å². The Hall–Kier alpha value is -3.99. The lowest BCUT2D eigenvalue weighted by atomic mass is 9.74. The second-order valence-electron chi connectivity index (χ2n) is 13.0. The molecule has 3 amide bonds. The number of benzene rings is 2. The minimum absolute atomic E-state index is 0.0255. The van der Waals surface area contributed by atoms with Gasteiger partial charge in [-0.15, -0.1) is 0 Å². The largest absolute Gasteiger partial charge is 0.455 e. The zero-order chi connectivity index (χ0) is 34.0. The minimum atomic E-state index is -1.40. The maximum absolute atomic E-state index is 15.0. The summed E-state index contributed by atoms with van der Waals surface area (Å²) in [5.74, 6) is -3.56. The highest BCUT2D eigenvalue weighted by molar-refractivity contribution is 6.34. The summed E-state index contributed by atoms with van der Waals surface area (Å²) in [7, 11) is 0. The first kappa shape index (κ1) is 33.9. The fraction of sp³-hybridized carbons (Fsp3) is 0.459. The molecule has 254 valence electrons. The number of esters is 1. The van der Waals surface area contributed by atoms with Gasteiger partial charge in [-0.05, 0) is 56.7 Å². The van der Waals surface area contributed by atoms with E-state index in [1.165, 1.54) is 0 Å². The number of nitrogens with zero attached hydrogens (tertiary/aromatic N) is 2. The minimum Gasteiger partial charge on any atom is -0.455 e. The number of aryl methyl sites for hydroxylation is 1. The number of para-hydroxylation sites is 1. The number of unbranched alkanes of at least 4 members (excludes halogenated alkanes) is 2. The number of halogens is 1. The van der Waals surface area contributed by atoms with Crippen LogP contribution in [0, 0.1) is 18.8 Å². The molecular weight excluding hydrogens is 634 g/mol. The van der Waals surface area contributed by atoms with Crippen LogP contribution in [0.2, 0.25) is 5.02 Å². The molecule has 5 bridgehead atoms. The number of ether oxygens (including phenoxy) is 2. The molecule has 2 aromatic rings. The fourth-order valence-corrected chi connectivity index (χ4v) is 7.98. The summed E-state index contributed by atoms with van der Waals surface area (Å²) in [5.41, 5.74) is 0.598. The molecule has 2 aromatic carbocycles. The van der Waals surface area contributed by atoms with Crippen LogP contribution < -0.4 is 10.2 Å². The molecule has 0 saturated carbocycles. The van der Waals surface area contributed by atoms with Gasteiger partial charge in [-0.2, -0.15) is 0 Å². The SMILES string of the molecule is Cc1cccc(Cl)c1N1C/C=C\CCC(=O)N[C@H](C)[C@@H](c2ccccc2)OC(=O)[C@@H]2[C@@H]3C=C[C@]4(O3)[C@H](C1=O)N(CCCCCO)C(=O)[C@@H]24. The predicted molar refractivity (Wildman–Crippen MR) is 180 cm³/mol. The fourth-order valence-electron chi connectivity index (χ4n) is 7.65. The van der Waals surface area contributed by atoms with Crippen LogP contribution in [0.15, 0.2) is 72.8 Å². The summed E-state index contributed by atoms with van der Waals surface area (Å²) in [5, 5.41) is 12.7. The summed E-state index contributed by atoms with van der Waals surface area (Å²) in [4.78, 5) is 59.9. The van der Waals surface area contributed by atoms with E-state index in [0.717, 1.165) is 5.56 Å². The molecule has 4 aliphatic rings. The Morgan fingerprint density at radius 2 is 1.79 bits per heavy atom. The number of aliphatic hydroxyl groups is 1. The summed E-state index contributed by atoms with van der Waals surface area (Å²) < 4.78 is 12.8. The number of allylic oxidation sites excluding steroid dienone is 1. The molecule has 11 heteroatoms. The van der Waals surface area contributed by atoms with Crippen LogP contribution in [0.4, 0.5) is 5.69 Å². The highest BCUT2D eigenvalue weighted by Gasteiger charge is 2.73. The number of rotatable bonds is 7. The molecule has 6 rings (SSSR count). The standard InChI is InChI=1S/C37H42ClN3O7/c1-23-13-12-16-26(38)31(23)40-20-9-4-8-17-28(43)39-24(2)32(25-14-6-3-7-15-25)47-36(46)29-27-18-19-37(48-27)30(29)34(44)41(33(37)35(40)45)21-10-5-11-22-42/h3-4,6-7,9,12-16,18-19,24,27,29-30,32-33,42H,5,8,10-11,17,20-22H2,1-2H3,(H,39,43)/b9-4-/t24-,27+,29-,30-,32+,33+,37-/m1/s1. The summed E-state index contributed by atoms with van der Waals surface area (Å²) in [6.07, 6.45) is 8.01. The van der Waals surface area contributed by atoms with Crippen molar-refractivity contribution in [2.45, 2.75) is 75.8 Å². The second kappa shape index (κ2) is 14.2. The van der Waals surface area contributed by atoms with Crippen molar-refractivity contribution in [2.24, 2.45) is 11.8 Å². The van der Waals surface area contributed by atoms with Crippen LogP contribution in [0.5, 0.6) is 0 Å². The molecule has 0 aliphatic carbocycles. The molecule has 2 fully saturated rings. The van der Waals surface area contributed by atoms with Gasteiger partial charge < -0.3 is 29.7 Å². The van der Waals surface area contributed by atoms with Crippen molar-refractivity contribution in [1.82, 2.24) is 10.2 Å². The number of carbonyl (C=O) groups is 4. The number of carbonyl (C=O) groups excluding carboxylic acids is 4. The summed E-state index contributed by atoms with van der Waals surface area (Å²) in [6.45, 7) is 4.07. The lowest BCUT2D eigenvalue weighted by Crippen LogP contribution is -2.56. The monoisotopic (exact) mass is 675 g/mol. The lowest BCUT2D eigenvalue weighted by Gasteiger charge is -2.36. The first-order chi connectivity index (χ1) is 23.2. The Labute approximate surface area is 285 Å². The number of aliphatic hydroxyl groups excluding tert-OH is 1. The average Bonchev–Trinajstić information content (AvgIpc) is 3.71. The van der Waals surface area contributed by atoms with Crippen molar-refractivity contribution in [3.05, 3.63) is 89.0 Å². The molecule has 2 N–H and O–H groups in total. The van der Waals surface area contributed by atoms with Crippen molar-refractivity contribution >= 4 is 41.0 Å². The molecule has 0 radical (unpaired) electrons. The van der Waals surface area contributed by atoms with Crippen molar-refractivity contribution in [2.75, 3.05) is 24.6 Å². The Kier molecular flexibility index (Phi) is 10.1. The third-order valence-electron chi connectivity index (χ3n) is 9.87. The van der Waals surface area contributed by atoms with E-state index in [1.54, 1.807) is 34.9 Å². The van der Waals surface area contributed by atoms with Gasteiger partial charge in [0.2, 0.25) is 11.8 Å². The van der Waals surface area contributed by atoms with Crippen molar-refractivity contribution in [3.8, 4) is 0 Å². The van der Waals surface area contributed by atoms with Crippen LogP contribution in [0.3, 0.4) is 0 Å². The summed E-state index contributed by atoms with van der Waals surface area (Å²) in [6, 6.07) is 12.9. The molecule has 1 spiro atoms. The van der Waals surface area contributed by atoms with E-state index in [1.807, 2.05) is 61.5 Å². The third-order valence-corrected chi connectivity index (χ3v) is 10.2. The Balaban J connectivity index is 1.45. The van der Waals surface area contributed by atoms with Crippen LogP contribution in [0.25, 0.3) is 0 Å². The molecule has 7 atom stereocenters. The van der Waals surface area contributed by atoms with Gasteiger partial charge in [0.05, 0.1) is 28.8 Å². The van der Waals surface area contributed by atoms with Crippen LogP contribution in [-0.4, -0.2) is 77.2 Å². The lowest BCUT2D eigenvalue weighted by molar-refractivity contribution is -0.161. The van der Waals surface area contributed by atoms with Crippen molar-refractivity contribution in [1.29, 1.82) is 0 Å². The van der Waals surface area contributed by atoms with Gasteiger partial charge in [-0.3, -0.25) is 19.2 Å². The molecule has 4 aliphatic heterocycles. The van der Waals surface area contributed by atoms with Gasteiger partial charge in [-0.1, -0.05) is 78.4 Å². The molecule has 4 heterocycles. The average molecular weight is 676 g/mol. The first-order valence-corrected chi connectivity index (χ1v) is 17.1. The van der Waals surface area contributed by atoms with Gasteiger partial charge in [-0.25, -0.2) is 0 Å². The maximum Gasteiger partial charge on any atom is 0.313 e. The van der Waals surface area contributed by atoms with Crippen LogP contribution >= 0.6 is 11.6 Å². The van der Waals surface area contributed by atoms with Crippen molar-refractivity contribution in [3.63, 3.8) is 0 Å². The predicted octanol–water partition coefficient (Wildman–Crippen LogP) is 4.43. The molecule has 2 saturated heterocycles. The Bertz CT molecular complexity index is 1590. The van der Waals surface area contributed by atoms with E-state index in [2.05, 4.69) is 5.32 Å². The third kappa shape index (κ3) is 6.17. The van der Waals surface area contributed by atoms with Gasteiger partial charge >= 0.3 is 5.97 Å². The number of nitrogens with one attached hydrogen (secondary N) is 1. The Morgan fingerprint density at radius 3 is 2.54 bits per heavy atom. The first-order valence-electron chi connectivity index (χ1n) is 16.7. The summed E-state index contributed by atoms with van der Waals surface area (Å²) >= 11 is 6.73. The van der Waals surface area contributed by atoms with Gasteiger partial charge in [0.15, 0.2) is 0 Å². The number of anilines is 1. The van der Waals surface area contributed by atoms with E-state index in [4.69, 9.17) is 21.1 Å². The second-order valence-corrected chi connectivity index (χ2v) is 13.4. The molecule has 0 unspecified atom stereocenters. The zero-order valence-electron chi connectivity index (χ0n) is 27.2. The maximum atomic E-state index is 15.0. The number of hydrogen-bond donors (Lipinski definition) is 2. The number of likely N-dealkylation sites (tertiary alicyclic amines) is 1. The Morgan fingerprint density at radius 1 is 1.00 bits per heavy atom. The van der Waals surface area contributed by atoms with E-state index < -0.39 is 47.7 Å². The van der Waals surface area contributed by atoms with Gasteiger partial charge in [0.25, 0.3) is 5.91 Å². The number of hydrogen-bond acceptors (Lipinski definition) is 7. The normalized spacial score (nSPS) is 31.2. The molecular formula is C37H42ClN3O7. The number of amides is 3. The molecule has 10 nitrogen and oxygen atoms in total. The highest BCUT2D eigenvalue weighted by Crippen LogP contribution is 2.56. The quantitative estimate of drug-likeness (QED) is 0.253. The number of cyclic esters (lactones) is 1. The van der Waals surface area contributed by atoms with Crippen LogP contribution in [0.1, 0.15) is 56.3 Å². The zero-order valence-corrected chi connectivity index (χ0v) is 28.0. The van der Waals surface area contributed by atoms with E-state index in [0.29, 0.717) is 42.0 Å². The number of fused-ring (bicyclic) bond motifs is 2. The van der Waals surface area contributed by atoms with E-state index in [-0.39, 0.29) is 43.8 Å². The smallest absolute Gasteiger partial charge is 0.313 e. The van der Waals surface area contributed by atoms with E-state index >= 15 is 0 Å². The topological polar surface area (TPSA) is 125 Å². The van der Waals surface area contributed by atoms with Gasteiger partial charge in [0, 0.05) is 26.1 Å². The van der Waals surface area contributed by atoms with E-state index in [9.17, 15) is 24.3 Å².